The van der Waals surface area contributed by atoms with Crippen LogP contribution in [0, 0.1) is 5.82 Å². The summed E-state index contributed by atoms with van der Waals surface area (Å²) in [4.78, 5) is 15.2. The van der Waals surface area contributed by atoms with Gasteiger partial charge in [0.25, 0.3) is 0 Å². The Bertz CT molecular complexity index is 638. The van der Waals surface area contributed by atoms with Gasteiger partial charge in [-0.1, -0.05) is 18.2 Å². The molecule has 0 aliphatic heterocycles. The number of carbonyl (C=O) groups is 1. The van der Waals surface area contributed by atoms with Crippen LogP contribution < -0.4 is 5.32 Å². The molecular weight excluding hydrogens is 299 g/mol. The lowest BCUT2D eigenvalue weighted by Crippen LogP contribution is -2.33. The van der Waals surface area contributed by atoms with Crippen molar-refractivity contribution in [2.45, 2.75) is 6.04 Å². The maximum Gasteiger partial charge on any atom is 0.244 e. The van der Waals surface area contributed by atoms with Crippen molar-refractivity contribution in [1.29, 1.82) is 0 Å². The number of hydrogen-bond acceptors (Lipinski definition) is 3. The topological polar surface area (TPSA) is 32.3 Å². The summed E-state index contributed by atoms with van der Waals surface area (Å²) < 4.78 is 13.1. The zero-order chi connectivity index (χ0) is 15.9. The van der Waals surface area contributed by atoms with Crippen molar-refractivity contribution < 1.29 is 9.18 Å². The average molecular weight is 318 g/mol. The summed E-state index contributed by atoms with van der Waals surface area (Å²) in [5.74, 6) is -0.499. The number of likely N-dealkylation sites (N-methyl/N-ethyl adjacent to an activating group) is 1. The molecule has 0 saturated heterocycles. The Balaban J connectivity index is 1.91. The first kappa shape index (κ1) is 16.4. The molecule has 1 N–H and O–H groups in total. The maximum absolute atomic E-state index is 13.1. The number of nitrogens with one attached hydrogen (secondary N) is 1. The number of rotatable bonds is 6. The second kappa shape index (κ2) is 7.87. The molecule has 0 fully saturated rings. The van der Waals surface area contributed by atoms with E-state index in [1.807, 2.05) is 25.5 Å². The second-order valence-electron chi connectivity index (χ2n) is 5.13. The van der Waals surface area contributed by atoms with Crippen LogP contribution in [0.4, 0.5) is 4.39 Å². The van der Waals surface area contributed by atoms with E-state index in [4.69, 9.17) is 0 Å². The highest BCUT2D eigenvalue weighted by atomic mass is 32.1. The van der Waals surface area contributed by atoms with E-state index in [2.05, 4.69) is 16.3 Å². The number of amides is 1. The minimum atomic E-state index is -0.312. The first-order chi connectivity index (χ1) is 10.6. The Morgan fingerprint density at radius 1 is 1.36 bits per heavy atom. The number of carbonyl (C=O) groups excluding carboxylic acids is 1. The molecule has 0 radical (unpaired) electrons. The van der Waals surface area contributed by atoms with Crippen LogP contribution in [-0.4, -0.2) is 31.4 Å². The fourth-order valence-corrected chi connectivity index (χ4v) is 2.98. The first-order valence-electron chi connectivity index (χ1n) is 6.97. The van der Waals surface area contributed by atoms with E-state index in [0.29, 0.717) is 12.1 Å². The fraction of sp³-hybridized carbons (Fsp3) is 0.235. The van der Waals surface area contributed by atoms with Gasteiger partial charge < -0.3 is 10.2 Å². The summed E-state index contributed by atoms with van der Waals surface area (Å²) in [5, 5.41) is 4.91. The zero-order valence-electron chi connectivity index (χ0n) is 12.6. The van der Waals surface area contributed by atoms with Gasteiger partial charge in [-0.3, -0.25) is 4.79 Å². The Hall–Kier alpha value is -1.98. The molecule has 22 heavy (non-hydrogen) atoms. The zero-order valence-corrected chi connectivity index (χ0v) is 13.4. The normalized spacial score (nSPS) is 12.7. The van der Waals surface area contributed by atoms with E-state index >= 15 is 0 Å². The van der Waals surface area contributed by atoms with Crippen molar-refractivity contribution in [2.24, 2.45) is 0 Å². The minimum absolute atomic E-state index is 0.145. The van der Waals surface area contributed by atoms with Crippen LogP contribution in [0.3, 0.4) is 0 Å². The van der Waals surface area contributed by atoms with Gasteiger partial charge >= 0.3 is 0 Å². The fourth-order valence-electron chi connectivity index (χ4n) is 2.06. The molecule has 0 spiro atoms. The highest BCUT2D eigenvalue weighted by Crippen LogP contribution is 2.22. The Morgan fingerprint density at radius 2 is 2.18 bits per heavy atom. The van der Waals surface area contributed by atoms with Gasteiger partial charge in [-0.2, -0.15) is 0 Å². The van der Waals surface area contributed by atoms with E-state index in [1.54, 1.807) is 29.5 Å². The Labute approximate surface area is 134 Å². The number of thiophene rings is 1. The molecule has 1 atom stereocenters. The first-order valence-corrected chi connectivity index (χ1v) is 7.85. The van der Waals surface area contributed by atoms with Gasteiger partial charge in [0, 0.05) is 17.5 Å². The van der Waals surface area contributed by atoms with Gasteiger partial charge in [0.2, 0.25) is 5.91 Å². The van der Waals surface area contributed by atoms with E-state index in [9.17, 15) is 9.18 Å². The molecular formula is C17H19FN2OS. The van der Waals surface area contributed by atoms with E-state index < -0.39 is 0 Å². The van der Waals surface area contributed by atoms with Gasteiger partial charge in [-0.05, 0) is 49.3 Å². The van der Waals surface area contributed by atoms with Crippen LogP contribution in [0.25, 0.3) is 6.08 Å². The number of nitrogens with zero attached hydrogens (tertiary/aromatic N) is 1. The molecule has 5 heteroatoms. The molecule has 1 heterocycles. The highest BCUT2D eigenvalue weighted by Gasteiger charge is 2.15. The van der Waals surface area contributed by atoms with Crippen molar-refractivity contribution >= 4 is 23.3 Å². The van der Waals surface area contributed by atoms with Gasteiger partial charge in [0.15, 0.2) is 0 Å². The largest absolute Gasteiger partial charge is 0.351 e. The number of halogens is 1. The van der Waals surface area contributed by atoms with Crippen LogP contribution in [0.2, 0.25) is 0 Å². The molecule has 1 aromatic carbocycles. The van der Waals surface area contributed by atoms with Crippen molar-refractivity contribution in [3.05, 3.63) is 64.1 Å². The van der Waals surface area contributed by atoms with Crippen molar-refractivity contribution in [2.75, 3.05) is 20.6 Å². The second-order valence-corrected chi connectivity index (χ2v) is 6.11. The van der Waals surface area contributed by atoms with Crippen LogP contribution in [0.15, 0.2) is 47.9 Å². The Morgan fingerprint density at radius 3 is 2.82 bits per heavy atom. The van der Waals surface area contributed by atoms with Gasteiger partial charge in [-0.15, -0.1) is 11.3 Å². The number of hydrogen-bond donors (Lipinski definition) is 1. The molecule has 3 nitrogen and oxygen atoms in total. The third-order valence-electron chi connectivity index (χ3n) is 3.24. The van der Waals surface area contributed by atoms with Crippen molar-refractivity contribution in [3.63, 3.8) is 0 Å². The molecule has 116 valence electrons. The highest BCUT2D eigenvalue weighted by molar-refractivity contribution is 7.10. The smallest absolute Gasteiger partial charge is 0.244 e. The van der Waals surface area contributed by atoms with E-state index in [1.165, 1.54) is 23.1 Å². The van der Waals surface area contributed by atoms with Crippen molar-refractivity contribution in [1.82, 2.24) is 10.2 Å². The van der Waals surface area contributed by atoms with Crippen LogP contribution in [0.1, 0.15) is 16.5 Å². The lowest BCUT2D eigenvalue weighted by atomic mass is 10.2. The molecule has 2 aromatic rings. The van der Waals surface area contributed by atoms with Gasteiger partial charge in [0.05, 0.1) is 6.04 Å². The third-order valence-corrected chi connectivity index (χ3v) is 4.21. The summed E-state index contributed by atoms with van der Waals surface area (Å²) >= 11 is 1.67. The van der Waals surface area contributed by atoms with Gasteiger partial charge in [0.1, 0.15) is 5.82 Å². The molecule has 0 saturated carbocycles. The Kier molecular flexibility index (Phi) is 5.86. The predicted molar refractivity (Wildman–Crippen MR) is 89.2 cm³/mol. The summed E-state index contributed by atoms with van der Waals surface area (Å²) in [6.45, 7) is 0.528. The molecule has 1 unspecified atom stereocenters. The number of benzene rings is 1. The monoisotopic (exact) mass is 318 g/mol. The molecule has 1 amide bonds. The summed E-state index contributed by atoms with van der Waals surface area (Å²) in [5.41, 5.74) is 0.664. The van der Waals surface area contributed by atoms with E-state index in [-0.39, 0.29) is 17.8 Å². The van der Waals surface area contributed by atoms with Crippen LogP contribution in [-0.2, 0) is 4.79 Å². The molecule has 0 bridgehead atoms. The lowest BCUT2D eigenvalue weighted by Gasteiger charge is -2.23. The lowest BCUT2D eigenvalue weighted by molar-refractivity contribution is -0.116. The quantitative estimate of drug-likeness (QED) is 0.829. The molecule has 2 rings (SSSR count). The summed E-state index contributed by atoms with van der Waals surface area (Å²) in [7, 11) is 3.97. The summed E-state index contributed by atoms with van der Waals surface area (Å²) in [6, 6.07) is 10.3. The SMILES string of the molecule is CN(C)C(CNC(=O)/C=C/c1cccc(F)c1)c1cccs1. The average Bonchev–Trinajstić information content (AvgIpc) is 2.99. The van der Waals surface area contributed by atoms with Crippen LogP contribution in [0.5, 0.6) is 0 Å². The maximum atomic E-state index is 13.1. The summed E-state index contributed by atoms with van der Waals surface area (Å²) in [6.07, 6.45) is 3.03. The van der Waals surface area contributed by atoms with Crippen molar-refractivity contribution in [3.8, 4) is 0 Å². The molecule has 0 aliphatic carbocycles. The molecule has 1 aromatic heterocycles. The van der Waals surface area contributed by atoms with Crippen LogP contribution >= 0.6 is 11.3 Å². The minimum Gasteiger partial charge on any atom is -0.351 e. The molecule has 0 aliphatic rings. The predicted octanol–water partition coefficient (Wildman–Crippen LogP) is 3.32. The van der Waals surface area contributed by atoms with Gasteiger partial charge in [-0.25, -0.2) is 4.39 Å². The third kappa shape index (κ3) is 4.79. The van der Waals surface area contributed by atoms with E-state index in [0.717, 1.165) is 0 Å². The standard InChI is InChI=1S/C17H19FN2OS/c1-20(2)15(16-7-4-10-22-16)12-19-17(21)9-8-13-5-3-6-14(18)11-13/h3-11,15H,12H2,1-2H3,(H,19,21)/b9-8+.